The highest BCUT2D eigenvalue weighted by atomic mass is 15.5. The minimum Gasteiger partial charge on any atom is -0.304 e. The molecule has 1 saturated heterocycles. The number of hydrazine groups is 1. The molecule has 0 aromatic carbocycles. The van der Waals surface area contributed by atoms with E-state index in [0.29, 0.717) is 11.5 Å². The largest absolute Gasteiger partial charge is 0.304 e. The van der Waals surface area contributed by atoms with Crippen LogP contribution in [0.5, 0.6) is 0 Å². The summed E-state index contributed by atoms with van der Waals surface area (Å²) in [6.45, 7) is 9.56. The maximum atomic E-state index is 3.74. The lowest BCUT2D eigenvalue weighted by atomic mass is 9.75. The van der Waals surface area contributed by atoms with E-state index in [2.05, 4.69) is 36.2 Å². The molecular formula is C13H27N3. The lowest BCUT2D eigenvalue weighted by Gasteiger charge is -2.40. The summed E-state index contributed by atoms with van der Waals surface area (Å²) < 4.78 is 0. The summed E-state index contributed by atoms with van der Waals surface area (Å²) in [7, 11) is 2.21. The number of hydrogen-bond donors (Lipinski definition) is 1. The van der Waals surface area contributed by atoms with Gasteiger partial charge in [0.25, 0.3) is 0 Å². The lowest BCUT2D eigenvalue weighted by Crippen LogP contribution is -2.55. The molecule has 1 heterocycles. The second-order valence-corrected chi connectivity index (χ2v) is 6.38. The summed E-state index contributed by atoms with van der Waals surface area (Å²) >= 11 is 0. The normalized spacial score (nSPS) is 32.8. The van der Waals surface area contributed by atoms with Crippen molar-refractivity contribution in [1.82, 2.24) is 15.3 Å². The standard InChI is InChI=1S/C13H27N3/c1-13(2)6-4-5-12(11-13)14-16-9-7-15(3)8-10-16/h12,14H,4-11H2,1-3H3. The van der Waals surface area contributed by atoms with Gasteiger partial charge in [-0.05, 0) is 31.7 Å². The molecule has 1 aliphatic heterocycles. The van der Waals surface area contributed by atoms with E-state index in [0.717, 1.165) is 0 Å². The van der Waals surface area contributed by atoms with Crippen LogP contribution < -0.4 is 5.43 Å². The average molecular weight is 225 g/mol. The van der Waals surface area contributed by atoms with Crippen molar-refractivity contribution in [3.8, 4) is 0 Å². The summed E-state index contributed by atoms with van der Waals surface area (Å²) in [5, 5.41) is 2.44. The Morgan fingerprint density at radius 3 is 2.44 bits per heavy atom. The molecular weight excluding hydrogens is 198 g/mol. The maximum absolute atomic E-state index is 3.74. The Morgan fingerprint density at radius 1 is 1.12 bits per heavy atom. The lowest BCUT2D eigenvalue weighted by molar-refractivity contribution is 0.0604. The van der Waals surface area contributed by atoms with Crippen molar-refractivity contribution < 1.29 is 0 Å². The van der Waals surface area contributed by atoms with Crippen LogP contribution >= 0.6 is 0 Å². The van der Waals surface area contributed by atoms with Crippen molar-refractivity contribution in [2.75, 3.05) is 33.2 Å². The van der Waals surface area contributed by atoms with Gasteiger partial charge >= 0.3 is 0 Å². The first-order valence-electron chi connectivity index (χ1n) is 6.75. The number of nitrogens with one attached hydrogen (secondary N) is 1. The van der Waals surface area contributed by atoms with Crippen LogP contribution in [0.4, 0.5) is 0 Å². The van der Waals surface area contributed by atoms with Gasteiger partial charge in [-0.1, -0.05) is 20.3 Å². The van der Waals surface area contributed by atoms with Gasteiger partial charge in [-0.3, -0.25) is 5.43 Å². The summed E-state index contributed by atoms with van der Waals surface area (Å²) in [5.41, 5.74) is 4.28. The first-order valence-corrected chi connectivity index (χ1v) is 6.75. The van der Waals surface area contributed by atoms with Crippen LogP contribution in [0.1, 0.15) is 39.5 Å². The second kappa shape index (κ2) is 5.03. The van der Waals surface area contributed by atoms with E-state index in [-0.39, 0.29) is 0 Å². The highest BCUT2D eigenvalue weighted by molar-refractivity contribution is 4.83. The molecule has 3 heteroatoms. The molecule has 2 fully saturated rings. The van der Waals surface area contributed by atoms with Gasteiger partial charge in [-0.15, -0.1) is 0 Å². The van der Waals surface area contributed by atoms with Gasteiger partial charge < -0.3 is 4.90 Å². The molecule has 3 nitrogen and oxygen atoms in total. The molecule has 0 aromatic heterocycles. The molecule has 0 aromatic rings. The Balaban J connectivity index is 1.76. The van der Waals surface area contributed by atoms with Crippen LogP contribution in [0.25, 0.3) is 0 Å². The molecule has 2 rings (SSSR count). The molecule has 0 bridgehead atoms. The van der Waals surface area contributed by atoms with Crippen molar-refractivity contribution in [2.24, 2.45) is 5.41 Å². The number of likely N-dealkylation sites (N-methyl/N-ethyl adjacent to an activating group) is 1. The van der Waals surface area contributed by atoms with E-state index >= 15 is 0 Å². The molecule has 16 heavy (non-hydrogen) atoms. The topological polar surface area (TPSA) is 18.5 Å². The molecule has 1 atom stereocenters. The summed E-state index contributed by atoms with van der Waals surface area (Å²) in [6, 6.07) is 0.715. The Hall–Kier alpha value is -0.120. The molecule has 2 aliphatic rings. The maximum Gasteiger partial charge on any atom is 0.0259 e. The van der Waals surface area contributed by atoms with Crippen molar-refractivity contribution >= 4 is 0 Å². The van der Waals surface area contributed by atoms with Crippen molar-refractivity contribution in [3.05, 3.63) is 0 Å². The summed E-state index contributed by atoms with van der Waals surface area (Å²) in [4.78, 5) is 2.41. The fraction of sp³-hybridized carbons (Fsp3) is 1.00. The molecule has 0 amide bonds. The first kappa shape index (κ1) is 12.3. The SMILES string of the molecule is CN1CCN(NC2CCCC(C)(C)C2)CC1. The van der Waals surface area contributed by atoms with E-state index < -0.39 is 0 Å². The zero-order chi connectivity index (χ0) is 11.6. The summed E-state index contributed by atoms with van der Waals surface area (Å²) in [5.74, 6) is 0. The predicted molar refractivity (Wildman–Crippen MR) is 68.2 cm³/mol. The van der Waals surface area contributed by atoms with E-state index in [1.165, 1.54) is 51.9 Å². The zero-order valence-electron chi connectivity index (χ0n) is 11.1. The van der Waals surface area contributed by atoms with Gasteiger partial charge in [0, 0.05) is 32.2 Å². The summed E-state index contributed by atoms with van der Waals surface area (Å²) in [6.07, 6.45) is 5.47. The molecule has 0 spiro atoms. The van der Waals surface area contributed by atoms with Gasteiger partial charge in [-0.2, -0.15) is 0 Å². The molecule has 94 valence electrons. The second-order valence-electron chi connectivity index (χ2n) is 6.38. The van der Waals surface area contributed by atoms with Crippen molar-refractivity contribution in [2.45, 2.75) is 45.6 Å². The Morgan fingerprint density at radius 2 is 1.81 bits per heavy atom. The van der Waals surface area contributed by atoms with Crippen molar-refractivity contribution in [1.29, 1.82) is 0 Å². The van der Waals surface area contributed by atoms with Crippen LogP contribution in [0.15, 0.2) is 0 Å². The van der Waals surface area contributed by atoms with Gasteiger partial charge in [-0.25, -0.2) is 5.01 Å². The molecule has 1 aliphatic carbocycles. The number of rotatable bonds is 2. The van der Waals surface area contributed by atoms with Crippen LogP contribution in [-0.2, 0) is 0 Å². The third-order valence-electron chi connectivity index (χ3n) is 4.07. The smallest absolute Gasteiger partial charge is 0.0259 e. The number of hydrogen-bond acceptors (Lipinski definition) is 3. The molecule has 1 unspecified atom stereocenters. The van der Waals surface area contributed by atoms with E-state index in [9.17, 15) is 0 Å². The molecule has 0 radical (unpaired) electrons. The van der Waals surface area contributed by atoms with Crippen LogP contribution in [0.3, 0.4) is 0 Å². The molecule has 1 N–H and O–H groups in total. The Labute approximate surface area is 100 Å². The molecule has 1 saturated carbocycles. The van der Waals surface area contributed by atoms with Gasteiger partial charge in [0.2, 0.25) is 0 Å². The quantitative estimate of drug-likeness (QED) is 0.772. The number of nitrogens with zero attached hydrogens (tertiary/aromatic N) is 2. The van der Waals surface area contributed by atoms with E-state index in [1.807, 2.05) is 0 Å². The van der Waals surface area contributed by atoms with Crippen LogP contribution in [0.2, 0.25) is 0 Å². The highest BCUT2D eigenvalue weighted by Crippen LogP contribution is 2.35. The minimum absolute atomic E-state index is 0.544. The first-order chi connectivity index (χ1) is 7.55. The van der Waals surface area contributed by atoms with Crippen LogP contribution in [-0.4, -0.2) is 49.2 Å². The number of piperazine rings is 1. The van der Waals surface area contributed by atoms with Gasteiger partial charge in [0.05, 0.1) is 0 Å². The van der Waals surface area contributed by atoms with E-state index in [1.54, 1.807) is 0 Å². The monoisotopic (exact) mass is 225 g/mol. The third-order valence-corrected chi connectivity index (χ3v) is 4.07. The minimum atomic E-state index is 0.544. The zero-order valence-corrected chi connectivity index (χ0v) is 11.1. The van der Waals surface area contributed by atoms with Gasteiger partial charge in [0.1, 0.15) is 0 Å². The highest BCUT2D eigenvalue weighted by Gasteiger charge is 2.29. The Bertz CT molecular complexity index is 219. The predicted octanol–water partition coefficient (Wildman–Crippen LogP) is 1.71. The van der Waals surface area contributed by atoms with E-state index in [4.69, 9.17) is 0 Å². The average Bonchev–Trinajstić information content (AvgIpc) is 2.20. The van der Waals surface area contributed by atoms with Crippen LogP contribution in [0, 0.1) is 5.41 Å². The fourth-order valence-corrected chi connectivity index (χ4v) is 3.00. The Kier molecular flexibility index (Phi) is 3.88. The van der Waals surface area contributed by atoms with Gasteiger partial charge in [0.15, 0.2) is 0 Å². The third kappa shape index (κ3) is 3.44. The fourth-order valence-electron chi connectivity index (χ4n) is 3.00. The van der Waals surface area contributed by atoms with Crippen molar-refractivity contribution in [3.63, 3.8) is 0 Å².